The molecule has 0 fully saturated rings. The predicted octanol–water partition coefficient (Wildman–Crippen LogP) is 2.23. The van der Waals surface area contributed by atoms with E-state index in [9.17, 15) is 9.59 Å². The maximum Gasteiger partial charge on any atom is 0.273 e. The van der Waals surface area contributed by atoms with Gasteiger partial charge in [0.2, 0.25) is 0 Å². The zero-order chi connectivity index (χ0) is 12.4. The van der Waals surface area contributed by atoms with Gasteiger partial charge in [-0.1, -0.05) is 0 Å². The van der Waals surface area contributed by atoms with E-state index < -0.39 is 0 Å². The Labute approximate surface area is 102 Å². The van der Waals surface area contributed by atoms with Crippen LogP contribution in [0.3, 0.4) is 0 Å². The van der Waals surface area contributed by atoms with Crippen molar-refractivity contribution in [3.8, 4) is 0 Å². The van der Waals surface area contributed by atoms with Crippen molar-refractivity contribution >= 4 is 28.2 Å². The molecule has 0 saturated heterocycles. The Balaban J connectivity index is 2.11. The lowest BCUT2D eigenvalue weighted by Crippen LogP contribution is -2.12. The quantitative estimate of drug-likeness (QED) is 0.819. The summed E-state index contributed by atoms with van der Waals surface area (Å²) < 4.78 is 0. The number of aromatic nitrogens is 2. The standard InChI is InChI=1S/C11H11N3O2S/c1-6-5-17-11(12-6)14-10(16)9-4-3-8(13-9)7(2)15/h3-5,13H,1-2H3,(H,12,14,16). The van der Waals surface area contributed by atoms with Gasteiger partial charge in [-0.05, 0) is 19.1 Å². The number of Topliss-reactive ketones (excluding diaryl/α,β-unsaturated/α-hetero) is 1. The van der Waals surface area contributed by atoms with Crippen LogP contribution in [0.4, 0.5) is 5.13 Å². The highest BCUT2D eigenvalue weighted by Crippen LogP contribution is 2.15. The number of rotatable bonds is 3. The molecule has 0 aromatic carbocycles. The highest BCUT2D eigenvalue weighted by Gasteiger charge is 2.11. The van der Waals surface area contributed by atoms with Crippen LogP contribution in [-0.2, 0) is 0 Å². The molecule has 0 spiro atoms. The second-order valence-electron chi connectivity index (χ2n) is 3.59. The van der Waals surface area contributed by atoms with Gasteiger partial charge in [-0.3, -0.25) is 14.9 Å². The lowest BCUT2D eigenvalue weighted by atomic mass is 10.3. The van der Waals surface area contributed by atoms with Crippen LogP contribution >= 0.6 is 11.3 Å². The minimum atomic E-state index is -0.299. The fourth-order valence-electron chi connectivity index (χ4n) is 1.31. The van der Waals surface area contributed by atoms with Gasteiger partial charge in [0.15, 0.2) is 10.9 Å². The SMILES string of the molecule is CC(=O)c1ccc(C(=O)Nc2nc(C)cs2)[nH]1. The van der Waals surface area contributed by atoms with Gasteiger partial charge in [0.05, 0.1) is 11.4 Å². The van der Waals surface area contributed by atoms with Crippen molar-refractivity contribution in [2.75, 3.05) is 5.32 Å². The molecular weight excluding hydrogens is 238 g/mol. The number of anilines is 1. The molecule has 1 amide bonds. The number of amides is 1. The Morgan fingerprint density at radius 2 is 2.06 bits per heavy atom. The number of H-pyrrole nitrogens is 1. The summed E-state index contributed by atoms with van der Waals surface area (Å²) >= 11 is 1.36. The summed E-state index contributed by atoms with van der Waals surface area (Å²) in [7, 11) is 0. The van der Waals surface area contributed by atoms with Crippen molar-refractivity contribution < 1.29 is 9.59 Å². The van der Waals surface area contributed by atoms with Gasteiger partial charge in [0.25, 0.3) is 5.91 Å². The van der Waals surface area contributed by atoms with Crippen molar-refractivity contribution in [3.63, 3.8) is 0 Å². The Morgan fingerprint density at radius 3 is 2.59 bits per heavy atom. The van der Waals surface area contributed by atoms with E-state index >= 15 is 0 Å². The Hall–Kier alpha value is -1.95. The number of aryl methyl sites for hydroxylation is 1. The Bertz CT molecular complexity index is 571. The highest BCUT2D eigenvalue weighted by atomic mass is 32.1. The predicted molar refractivity (Wildman–Crippen MR) is 65.6 cm³/mol. The third kappa shape index (κ3) is 2.59. The van der Waals surface area contributed by atoms with E-state index in [0.717, 1.165) is 5.69 Å². The van der Waals surface area contributed by atoms with Gasteiger partial charge in [-0.2, -0.15) is 0 Å². The minimum Gasteiger partial charge on any atom is -0.348 e. The second kappa shape index (κ2) is 4.50. The number of aromatic amines is 1. The van der Waals surface area contributed by atoms with E-state index in [4.69, 9.17) is 0 Å². The van der Waals surface area contributed by atoms with Gasteiger partial charge in [-0.15, -0.1) is 11.3 Å². The summed E-state index contributed by atoms with van der Waals surface area (Å²) in [6.45, 7) is 3.30. The van der Waals surface area contributed by atoms with Gasteiger partial charge >= 0.3 is 0 Å². The number of hydrogen-bond donors (Lipinski definition) is 2. The van der Waals surface area contributed by atoms with E-state index in [0.29, 0.717) is 16.5 Å². The van der Waals surface area contributed by atoms with Crippen LogP contribution in [0.2, 0.25) is 0 Å². The van der Waals surface area contributed by atoms with Crippen LogP contribution in [0.25, 0.3) is 0 Å². The summed E-state index contributed by atoms with van der Waals surface area (Å²) in [6, 6.07) is 3.16. The molecule has 0 bridgehead atoms. The number of nitrogens with one attached hydrogen (secondary N) is 2. The first-order valence-corrected chi connectivity index (χ1v) is 5.87. The zero-order valence-corrected chi connectivity index (χ0v) is 10.2. The van der Waals surface area contributed by atoms with Crippen molar-refractivity contribution in [3.05, 3.63) is 34.6 Å². The average Bonchev–Trinajstić information content (AvgIpc) is 2.86. The zero-order valence-electron chi connectivity index (χ0n) is 9.40. The van der Waals surface area contributed by atoms with E-state index in [1.807, 2.05) is 12.3 Å². The van der Waals surface area contributed by atoms with Crippen molar-refractivity contribution in [2.45, 2.75) is 13.8 Å². The van der Waals surface area contributed by atoms with Crippen molar-refractivity contribution in [1.29, 1.82) is 0 Å². The molecule has 88 valence electrons. The molecule has 0 saturated carbocycles. The molecule has 2 N–H and O–H groups in total. The first kappa shape index (κ1) is 11.5. The molecule has 0 radical (unpaired) electrons. The van der Waals surface area contributed by atoms with E-state index in [1.165, 1.54) is 18.3 Å². The van der Waals surface area contributed by atoms with Crippen LogP contribution in [0, 0.1) is 6.92 Å². The molecule has 2 heterocycles. The number of ketones is 1. The smallest absolute Gasteiger partial charge is 0.273 e. The number of carbonyl (C=O) groups is 2. The topological polar surface area (TPSA) is 74.8 Å². The van der Waals surface area contributed by atoms with Crippen molar-refractivity contribution in [2.24, 2.45) is 0 Å². The van der Waals surface area contributed by atoms with Gasteiger partial charge < -0.3 is 4.98 Å². The summed E-state index contributed by atoms with van der Waals surface area (Å²) in [5, 5.41) is 5.06. The Morgan fingerprint density at radius 1 is 1.35 bits per heavy atom. The van der Waals surface area contributed by atoms with Crippen molar-refractivity contribution in [1.82, 2.24) is 9.97 Å². The molecule has 0 aliphatic heterocycles. The fraction of sp³-hybridized carbons (Fsp3) is 0.182. The van der Waals surface area contributed by atoms with Crippen LogP contribution in [-0.4, -0.2) is 21.7 Å². The summed E-state index contributed by atoms with van der Waals surface area (Å²) in [5.41, 5.74) is 1.63. The molecular formula is C11H11N3O2S. The maximum absolute atomic E-state index is 11.8. The van der Waals surface area contributed by atoms with Crippen LogP contribution in [0.1, 0.15) is 33.6 Å². The number of thiazole rings is 1. The first-order chi connectivity index (χ1) is 8.06. The maximum atomic E-state index is 11.8. The first-order valence-electron chi connectivity index (χ1n) is 4.99. The van der Waals surface area contributed by atoms with Crippen LogP contribution < -0.4 is 5.32 Å². The summed E-state index contributed by atoms with van der Waals surface area (Å²) in [6.07, 6.45) is 0. The molecule has 17 heavy (non-hydrogen) atoms. The van der Waals surface area contributed by atoms with Gasteiger partial charge in [0.1, 0.15) is 5.69 Å². The lowest BCUT2D eigenvalue weighted by molar-refractivity contribution is 0.101. The molecule has 5 nitrogen and oxygen atoms in total. The molecule has 2 aromatic heterocycles. The molecule has 2 aromatic rings. The monoisotopic (exact) mass is 249 g/mol. The fourth-order valence-corrected chi connectivity index (χ4v) is 1.99. The largest absolute Gasteiger partial charge is 0.348 e. The van der Waals surface area contributed by atoms with Crippen LogP contribution in [0.5, 0.6) is 0 Å². The van der Waals surface area contributed by atoms with E-state index in [-0.39, 0.29) is 11.7 Å². The lowest BCUT2D eigenvalue weighted by Gasteiger charge is -1.98. The third-order valence-corrected chi connectivity index (χ3v) is 3.02. The normalized spacial score (nSPS) is 10.2. The minimum absolute atomic E-state index is 0.103. The van der Waals surface area contributed by atoms with Crippen LogP contribution in [0.15, 0.2) is 17.5 Å². The average molecular weight is 249 g/mol. The molecule has 0 aliphatic carbocycles. The molecule has 0 unspecified atom stereocenters. The number of carbonyl (C=O) groups excluding carboxylic acids is 2. The molecule has 0 atom stereocenters. The van der Waals surface area contributed by atoms with E-state index in [1.54, 1.807) is 12.1 Å². The number of hydrogen-bond acceptors (Lipinski definition) is 4. The van der Waals surface area contributed by atoms with E-state index in [2.05, 4.69) is 15.3 Å². The summed E-state index contributed by atoms with van der Waals surface area (Å²) in [4.78, 5) is 29.7. The number of nitrogens with zero attached hydrogens (tertiary/aromatic N) is 1. The molecule has 0 aliphatic rings. The van der Waals surface area contributed by atoms with Gasteiger partial charge in [-0.25, -0.2) is 4.98 Å². The second-order valence-corrected chi connectivity index (χ2v) is 4.45. The summed E-state index contributed by atoms with van der Waals surface area (Å²) in [5.74, 6) is -0.402. The Kier molecular flexibility index (Phi) is 3.06. The third-order valence-electron chi connectivity index (χ3n) is 2.15. The van der Waals surface area contributed by atoms with Gasteiger partial charge in [0, 0.05) is 12.3 Å². The molecule has 2 rings (SSSR count). The highest BCUT2D eigenvalue weighted by molar-refractivity contribution is 7.13. The molecule has 6 heteroatoms.